The summed E-state index contributed by atoms with van der Waals surface area (Å²) >= 11 is 0. The smallest absolute Gasteiger partial charge is 0.296 e. The van der Waals surface area contributed by atoms with Crippen molar-refractivity contribution in [1.82, 2.24) is 14.3 Å². The molecule has 0 bridgehead atoms. The van der Waals surface area contributed by atoms with Crippen LogP contribution in [0.3, 0.4) is 0 Å². The lowest BCUT2D eigenvalue weighted by Gasteiger charge is -2.24. The lowest BCUT2D eigenvalue weighted by atomic mass is 9.96. The molecule has 1 atom stereocenters. The van der Waals surface area contributed by atoms with E-state index in [2.05, 4.69) is 11.9 Å². The number of ketones is 1. The minimum absolute atomic E-state index is 0.00216. The number of aliphatic hydroxyl groups excluding tert-OH is 1. The Morgan fingerprint density at radius 1 is 1.08 bits per heavy atom. The summed E-state index contributed by atoms with van der Waals surface area (Å²) in [5, 5.41) is 11.5. The fourth-order valence-corrected chi connectivity index (χ4v) is 4.92. The highest BCUT2D eigenvalue weighted by Crippen LogP contribution is 2.41. The molecule has 1 aliphatic rings. The van der Waals surface area contributed by atoms with Crippen LogP contribution in [0.1, 0.15) is 60.5 Å². The van der Waals surface area contributed by atoms with Crippen molar-refractivity contribution in [3.05, 3.63) is 94.8 Å². The van der Waals surface area contributed by atoms with Crippen molar-refractivity contribution in [1.29, 1.82) is 0 Å². The van der Waals surface area contributed by atoms with Gasteiger partial charge in [-0.3, -0.25) is 9.59 Å². The average Bonchev–Trinajstić information content (AvgIpc) is 3.62. The van der Waals surface area contributed by atoms with Crippen molar-refractivity contribution < 1.29 is 23.8 Å². The first-order valence-electron chi connectivity index (χ1n) is 12.9. The van der Waals surface area contributed by atoms with Gasteiger partial charge >= 0.3 is 0 Å². The van der Waals surface area contributed by atoms with Gasteiger partial charge in [-0.2, -0.15) is 0 Å². The Morgan fingerprint density at radius 2 is 1.87 bits per heavy atom. The number of rotatable bonds is 9. The molecule has 1 aromatic carbocycles. The predicted octanol–water partition coefficient (Wildman–Crippen LogP) is 5.74. The monoisotopic (exact) mass is 513 g/mol. The molecule has 1 aliphatic heterocycles. The van der Waals surface area contributed by atoms with Gasteiger partial charge in [0.1, 0.15) is 22.9 Å². The number of imidazole rings is 1. The molecule has 0 saturated carbocycles. The molecule has 4 aromatic rings. The van der Waals surface area contributed by atoms with E-state index in [0.717, 1.165) is 24.8 Å². The van der Waals surface area contributed by atoms with Gasteiger partial charge in [-0.25, -0.2) is 4.98 Å². The molecule has 196 valence electrons. The maximum Gasteiger partial charge on any atom is 0.296 e. The van der Waals surface area contributed by atoms with Gasteiger partial charge in [0.15, 0.2) is 5.76 Å². The van der Waals surface area contributed by atoms with Gasteiger partial charge in [-0.05, 0) is 61.7 Å². The number of likely N-dealkylation sites (tertiary alicyclic amines) is 1. The zero-order valence-corrected chi connectivity index (χ0v) is 21.8. The maximum atomic E-state index is 13.4. The SMILES string of the molecule is CCCCCOc1ccc(C2C(=C(O)c3nc4c(C)cccn4c3C)C(=O)C(=O)N2Cc2ccco2)cc1. The number of ether oxygens (including phenoxy) is 1. The number of fused-ring (bicyclic) bond motifs is 1. The molecule has 0 aliphatic carbocycles. The second kappa shape index (κ2) is 10.6. The molecule has 8 nitrogen and oxygen atoms in total. The second-order valence-electron chi connectivity index (χ2n) is 9.56. The first kappa shape index (κ1) is 25.3. The van der Waals surface area contributed by atoms with Crippen LogP contribution in [-0.2, 0) is 16.1 Å². The zero-order valence-electron chi connectivity index (χ0n) is 21.8. The first-order valence-corrected chi connectivity index (χ1v) is 12.9. The topological polar surface area (TPSA) is 97.3 Å². The number of nitrogens with zero attached hydrogens (tertiary/aromatic N) is 3. The van der Waals surface area contributed by atoms with Crippen LogP contribution in [0.2, 0.25) is 0 Å². The van der Waals surface area contributed by atoms with Crippen LogP contribution in [0.5, 0.6) is 5.75 Å². The van der Waals surface area contributed by atoms with Gasteiger partial charge in [0.2, 0.25) is 0 Å². The van der Waals surface area contributed by atoms with Crippen molar-refractivity contribution in [3.8, 4) is 5.75 Å². The summed E-state index contributed by atoms with van der Waals surface area (Å²) in [5.41, 5.74) is 3.24. The Balaban J connectivity index is 1.58. The van der Waals surface area contributed by atoms with Gasteiger partial charge in [-0.1, -0.05) is 38.0 Å². The van der Waals surface area contributed by atoms with E-state index >= 15 is 0 Å². The van der Waals surface area contributed by atoms with Crippen LogP contribution in [-0.4, -0.2) is 37.7 Å². The molecule has 0 spiro atoms. The highest BCUT2D eigenvalue weighted by molar-refractivity contribution is 6.46. The number of hydrogen-bond donors (Lipinski definition) is 1. The van der Waals surface area contributed by atoms with Crippen LogP contribution in [0.25, 0.3) is 11.4 Å². The van der Waals surface area contributed by atoms with Crippen molar-refractivity contribution in [3.63, 3.8) is 0 Å². The van der Waals surface area contributed by atoms with Crippen molar-refractivity contribution in [2.45, 2.75) is 52.6 Å². The molecule has 0 radical (unpaired) electrons. The van der Waals surface area contributed by atoms with E-state index in [0.29, 0.717) is 35.0 Å². The van der Waals surface area contributed by atoms with E-state index in [4.69, 9.17) is 9.15 Å². The molecule has 1 N–H and O–H groups in total. The van der Waals surface area contributed by atoms with Gasteiger partial charge < -0.3 is 23.6 Å². The molecular formula is C30H31N3O5. The van der Waals surface area contributed by atoms with E-state index in [1.165, 1.54) is 11.2 Å². The number of pyridine rings is 1. The predicted molar refractivity (Wildman–Crippen MR) is 143 cm³/mol. The van der Waals surface area contributed by atoms with Gasteiger partial charge in [-0.15, -0.1) is 0 Å². The molecule has 5 rings (SSSR count). The summed E-state index contributed by atoms with van der Waals surface area (Å²) in [4.78, 5) is 32.8. The Bertz CT molecular complexity index is 1500. The number of furan rings is 1. The number of hydrogen-bond acceptors (Lipinski definition) is 6. The third-order valence-corrected chi connectivity index (χ3v) is 6.97. The van der Waals surface area contributed by atoms with E-state index in [1.807, 2.05) is 60.8 Å². The number of aryl methyl sites for hydroxylation is 2. The van der Waals surface area contributed by atoms with Crippen molar-refractivity contribution in [2.75, 3.05) is 6.61 Å². The third kappa shape index (κ3) is 4.58. The minimum atomic E-state index is -0.820. The van der Waals surface area contributed by atoms with E-state index in [-0.39, 0.29) is 23.6 Å². The van der Waals surface area contributed by atoms with Crippen LogP contribution < -0.4 is 4.74 Å². The Hall–Kier alpha value is -4.33. The third-order valence-electron chi connectivity index (χ3n) is 6.97. The van der Waals surface area contributed by atoms with E-state index < -0.39 is 17.7 Å². The van der Waals surface area contributed by atoms with Gasteiger partial charge in [0.25, 0.3) is 11.7 Å². The summed E-state index contributed by atoms with van der Waals surface area (Å²) in [6.45, 7) is 6.60. The molecule has 1 unspecified atom stereocenters. The van der Waals surface area contributed by atoms with Gasteiger partial charge in [0.05, 0.1) is 36.7 Å². The summed E-state index contributed by atoms with van der Waals surface area (Å²) in [7, 11) is 0. The lowest BCUT2D eigenvalue weighted by Crippen LogP contribution is -2.29. The molecule has 1 saturated heterocycles. The fraction of sp³-hybridized carbons (Fsp3) is 0.300. The molecule has 1 fully saturated rings. The number of unbranched alkanes of at least 4 members (excludes halogenated alkanes) is 2. The number of aromatic nitrogens is 2. The summed E-state index contributed by atoms with van der Waals surface area (Å²) in [6.07, 6.45) is 6.56. The standard InChI is InChI=1S/C30H31N3O5/c1-4-5-6-16-37-22-13-11-21(12-14-22)26-24(28(35)30(36)33(26)18-23-10-8-17-38-23)27(34)25-20(3)32-15-7-9-19(2)29(32)31-25/h7-15,17,26,34H,4-6,16,18H2,1-3H3. The number of carbonyl (C=O) groups is 2. The number of Topliss-reactive ketones (excluding diaryl/α,β-unsaturated/α-hetero) is 1. The lowest BCUT2D eigenvalue weighted by molar-refractivity contribution is -0.140. The van der Waals surface area contributed by atoms with Crippen LogP contribution in [0, 0.1) is 13.8 Å². The highest BCUT2D eigenvalue weighted by Gasteiger charge is 2.47. The van der Waals surface area contributed by atoms with E-state index in [9.17, 15) is 14.7 Å². The molecule has 4 heterocycles. The zero-order chi connectivity index (χ0) is 26.8. The fourth-order valence-electron chi connectivity index (χ4n) is 4.92. The second-order valence-corrected chi connectivity index (χ2v) is 9.56. The largest absolute Gasteiger partial charge is 0.505 e. The number of carbonyl (C=O) groups excluding carboxylic acids is 2. The van der Waals surface area contributed by atoms with Crippen LogP contribution in [0.15, 0.2) is 71.0 Å². The molecule has 8 heteroatoms. The Morgan fingerprint density at radius 3 is 2.55 bits per heavy atom. The minimum Gasteiger partial charge on any atom is -0.505 e. The first-order chi connectivity index (χ1) is 18.4. The Labute approximate surface area is 221 Å². The molecule has 38 heavy (non-hydrogen) atoms. The summed E-state index contributed by atoms with van der Waals surface area (Å²) < 4.78 is 13.2. The van der Waals surface area contributed by atoms with Crippen molar-refractivity contribution >= 4 is 23.1 Å². The summed E-state index contributed by atoms with van der Waals surface area (Å²) in [6, 6.07) is 13.8. The maximum absolute atomic E-state index is 13.4. The molecule has 3 aromatic heterocycles. The molecular weight excluding hydrogens is 482 g/mol. The van der Waals surface area contributed by atoms with Gasteiger partial charge in [0, 0.05) is 6.20 Å². The van der Waals surface area contributed by atoms with E-state index in [1.54, 1.807) is 12.1 Å². The number of benzene rings is 1. The van der Waals surface area contributed by atoms with Crippen LogP contribution in [0.4, 0.5) is 0 Å². The highest BCUT2D eigenvalue weighted by atomic mass is 16.5. The quantitative estimate of drug-likeness (QED) is 0.133. The molecule has 1 amide bonds. The number of amides is 1. The Kier molecular flexibility index (Phi) is 7.05. The normalized spacial score (nSPS) is 17.0. The number of aliphatic hydroxyl groups is 1. The summed E-state index contributed by atoms with van der Waals surface area (Å²) in [5.74, 6) is -0.514. The van der Waals surface area contributed by atoms with Crippen LogP contribution >= 0.6 is 0 Å². The average molecular weight is 514 g/mol. The van der Waals surface area contributed by atoms with Crippen molar-refractivity contribution in [2.24, 2.45) is 0 Å².